The van der Waals surface area contributed by atoms with Gasteiger partial charge in [0.25, 0.3) is 0 Å². The number of fused-ring (bicyclic) bond motifs is 9. The summed E-state index contributed by atoms with van der Waals surface area (Å²) in [5.74, 6) is 1.80. The molecule has 230 valence electrons. The van der Waals surface area contributed by atoms with Crippen molar-refractivity contribution in [1.82, 2.24) is 0 Å². The van der Waals surface area contributed by atoms with Crippen molar-refractivity contribution in [2.24, 2.45) is 10.2 Å². The molecule has 7 rings (SSSR count). The lowest BCUT2D eigenvalue weighted by Crippen LogP contribution is -2.08. The quantitative estimate of drug-likeness (QED) is 0.177. The maximum absolute atomic E-state index is 11.3. The van der Waals surface area contributed by atoms with Crippen molar-refractivity contribution >= 4 is 32.9 Å². The second-order valence-corrected chi connectivity index (χ2v) is 10.9. The molecule has 6 aromatic rings. The summed E-state index contributed by atoms with van der Waals surface area (Å²) >= 11 is 0. The fraction of sp³-hybridized carbons (Fsp3) is 0.158. The number of ether oxygens (including phenoxy) is 4. The minimum absolute atomic E-state index is 0.00652. The number of para-hydroxylation sites is 2. The first-order valence-corrected chi connectivity index (χ1v) is 15.3. The van der Waals surface area contributed by atoms with Gasteiger partial charge in [0.05, 0.1) is 26.4 Å². The van der Waals surface area contributed by atoms with Crippen LogP contribution in [0.3, 0.4) is 0 Å². The largest absolute Gasteiger partial charge is 0.504 e. The summed E-state index contributed by atoms with van der Waals surface area (Å²) < 4.78 is 24.9. The number of phenols is 2. The summed E-state index contributed by atoms with van der Waals surface area (Å²) in [6.07, 6.45) is 1.05. The molecule has 0 radical (unpaired) electrons. The van der Waals surface area contributed by atoms with Gasteiger partial charge in [0, 0.05) is 24.0 Å². The van der Waals surface area contributed by atoms with Crippen molar-refractivity contribution in [2.45, 2.75) is 12.8 Å². The van der Waals surface area contributed by atoms with Crippen molar-refractivity contribution < 1.29 is 29.2 Å². The monoisotopic (exact) mass is 612 g/mol. The van der Waals surface area contributed by atoms with Crippen LogP contribution in [0, 0.1) is 0 Å². The van der Waals surface area contributed by atoms with Gasteiger partial charge in [-0.2, -0.15) is 0 Å². The molecule has 1 aliphatic rings. The summed E-state index contributed by atoms with van der Waals surface area (Å²) in [5.41, 5.74) is 2.48. The van der Waals surface area contributed by atoms with Gasteiger partial charge in [-0.1, -0.05) is 72.8 Å². The van der Waals surface area contributed by atoms with Crippen molar-refractivity contribution in [2.75, 3.05) is 26.4 Å². The number of aromatic hydroxyl groups is 2. The standard InChI is InChI=1S/C38H32N2O6/c41-31-23-25-11-1-3-13-27(25)35-36-28-14-4-2-12-26(28)24-32(42)38(36)46-22-10-20-44-34-18-8-6-16-30(34)40-39-29-15-5-7-17-33(29)43-19-9-21-45-37(31)35/h1-8,11-18,23-24,41-42H,9-10,19-22H2. The van der Waals surface area contributed by atoms with E-state index in [4.69, 9.17) is 18.9 Å². The van der Waals surface area contributed by atoms with E-state index in [9.17, 15) is 10.2 Å². The maximum Gasteiger partial charge on any atom is 0.169 e. The zero-order valence-corrected chi connectivity index (χ0v) is 25.1. The van der Waals surface area contributed by atoms with Crippen LogP contribution in [0.1, 0.15) is 12.8 Å². The van der Waals surface area contributed by atoms with Crippen LogP contribution in [0.4, 0.5) is 11.4 Å². The molecule has 1 aliphatic heterocycles. The highest BCUT2D eigenvalue weighted by atomic mass is 16.5. The number of nitrogens with zero attached hydrogens (tertiary/aromatic N) is 2. The summed E-state index contributed by atoms with van der Waals surface area (Å²) in [5, 5.41) is 35.0. The molecule has 1 heterocycles. The van der Waals surface area contributed by atoms with Crippen molar-refractivity contribution in [3.8, 4) is 45.6 Å². The van der Waals surface area contributed by atoms with E-state index in [0.717, 1.165) is 21.5 Å². The summed E-state index contributed by atoms with van der Waals surface area (Å²) in [6.45, 7) is 1.22. The zero-order chi connectivity index (χ0) is 31.3. The van der Waals surface area contributed by atoms with Crippen LogP contribution in [-0.2, 0) is 0 Å². The smallest absolute Gasteiger partial charge is 0.169 e. The Morgan fingerprint density at radius 3 is 1.33 bits per heavy atom. The van der Waals surface area contributed by atoms with Gasteiger partial charge in [-0.3, -0.25) is 0 Å². The van der Waals surface area contributed by atoms with Crippen molar-refractivity contribution in [3.63, 3.8) is 0 Å². The summed E-state index contributed by atoms with van der Waals surface area (Å²) in [4.78, 5) is 0. The fourth-order valence-electron chi connectivity index (χ4n) is 5.68. The van der Waals surface area contributed by atoms with Crippen LogP contribution >= 0.6 is 0 Å². The van der Waals surface area contributed by atoms with E-state index < -0.39 is 0 Å². The molecule has 0 unspecified atom stereocenters. The number of azo groups is 1. The van der Waals surface area contributed by atoms with Crippen molar-refractivity contribution in [3.05, 3.63) is 109 Å². The molecular formula is C38H32N2O6. The molecule has 0 saturated heterocycles. The third kappa shape index (κ3) is 5.85. The Hall–Kier alpha value is -5.76. The van der Waals surface area contributed by atoms with Gasteiger partial charge in [-0.05, 0) is 57.9 Å². The Morgan fingerprint density at radius 2 is 0.848 bits per heavy atom. The average Bonchev–Trinajstić information content (AvgIpc) is 3.08. The fourth-order valence-corrected chi connectivity index (χ4v) is 5.68. The molecular weight excluding hydrogens is 580 g/mol. The van der Waals surface area contributed by atoms with Crippen LogP contribution in [0.25, 0.3) is 32.7 Å². The second-order valence-electron chi connectivity index (χ2n) is 10.9. The van der Waals surface area contributed by atoms with Gasteiger partial charge in [-0.25, -0.2) is 0 Å². The summed E-state index contributed by atoms with van der Waals surface area (Å²) in [6, 6.07) is 33.9. The van der Waals surface area contributed by atoms with Crippen LogP contribution in [0.5, 0.6) is 34.5 Å². The van der Waals surface area contributed by atoms with E-state index in [1.807, 2.05) is 97.1 Å². The van der Waals surface area contributed by atoms with Gasteiger partial charge >= 0.3 is 0 Å². The molecule has 0 fully saturated rings. The average molecular weight is 613 g/mol. The molecule has 2 N–H and O–H groups in total. The van der Waals surface area contributed by atoms with E-state index in [1.165, 1.54) is 0 Å². The molecule has 0 bridgehead atoms. The molecule has 0 amide bonds. The van der Waals surface area contributed by atoms with Crippen molar-refractivity contribution in [1.29, 1.82) is 0 Å². The lowest BCUT2D eigenvalue weighted by atomic mass is 9.91. The number of benzene rings is 6. The second kappa shape index (κ2) is 13.1. The maximum atomic E-state index is 11.3. The highest BCUT2D eigenvalue weighted by Crippen LogP contribution is 2.52. The number of hydrogen-bond acceptors (Lipinski definition) is 8. The van der Waals surface area contributed by atoms with E-state index in [-0.39, 0.29) is 24.7 Å². The van der Waals surface area contributed by atoms with E-state index in [2.05, 4.69) is 10.2 Å². The molecule has 0 aliphatic carbocycles. The highest BCUT2D eigenvalue weighted by Gasteiger charge is 2.24. The minimum Gasteiger partial charge on any atom is -0.504 e. The Labute approximate surface area is 266 Å². The molecule has 0 spiro atoms. The Balaban J connectivity index is 1.33. The molecule has 0 atom stereocenters. The predicted molar refractivity (Wildman–Crippen MR) is 178 cm³/mol. The van der Waals surface area contributed by atoms with Gasteiger partial charge < -0.3 is 29.2 Å². The normalized spacial score (nSPS) is 13.9. The third-order valence-corrected chi connectivity index (χ3v) is 7.80. The first kappa shape index (κ1) is 29.0. The molecule has 0 saturated carbocycles. The van der Waals surface area contributed by atoms with Gasteiger partial charge in [0.1, 0.15) is 22.9 Å². The molecule has 46 heavy (non-hydrogen) atoms. The molecule has 8 nitrogen and oxygen atoms in total. The highest BCUT2D eigenvalue weighted by molar-refractivity contribution is 6.11. The van der Waals surface area contributed by atoms with E-state index >= 15 is 0 Å². The number of hydrogen-bond donors (Lipinski definition) is 2. The molecule has 0 aromatic heterocycles. The zero-order valence-electron chi connectivity index (χ0n) is 25.1. The lowest BCUT2D eigenvalue weighted by molar-refractivity contribution is 0.240. The van der Waals surface area contributed by atoms with Gasteiger partial charge in [0.2, 0.25) is 0 Å². The Kier molecular flexibility index (Phi) is 8.24. The molecule has 6 aromatic carbocycles. The SMILES string of the molecule is Oc1cc2ccccc2c2c1OCCCOc1ccccc1N=Nc1ccccc1OCCCOc1c(O)cc3ccccc3c1-2. The van der Waals surface area contributed by atoms with Crippen LogP contribution in [-0.4, -0.2) is 36.6 Å². The van der Waals surface area contributed by atoms with Gasteiger partial charge in [0.15, 0.2) is 23.0 Å². The van der Waals surface area contributed by atoms with Crippen LogP contribution < -0.4 is 18.9 Å². The number of rotatable bonds is 0. The Bertz CT molecular complexity index is 1910. The molecule has 8 heteroatoms. The number of phenolic OH excluding ortho intramolecular Hbond substituents is 2. The van der Waals surface area contributed by atoms with Crippen LogP contribution in [0.15, 0.2) is 119 Å². The predicted octanol–water partition coefficient (Wildman–Crippen LogP) is 9.50. The Morgan fingerprint density at radius 1 is 0.457 bits per heavy atom. The first-order valence-electron chi connectivity index (χ1n) is 15.3. The topological polar surface area (TPSA) is 102 Å². The first-order chi connectivity index (χ1) is 22.7. The van der Waals surface area contributed by atoms with E-state index in [1.54, 1.807) is 12.1 Å². The van der Waals surface area contributed by atoms with E-state index in [0.29, 0.717) is 71.6 Å². The van der Waals surface area contributed by atoms with Crippen LogP contribution in [0.2, 0.25) is 0 Å². The lowest BCUT2D eigenvalue weighted by Gasteiger charge is -2.21. The third-order valence-electron chi connectivity index (χ3n) is 7.80. The van der Waals surface area contributed by atoms with Gasteiger partial charge in [-0.15, -0.1) is 10.2 Å². The summed E-state index contributed by atoms with van der Waals surface area (Å²) in [7, 11) is 0. The minimum atomic E-state index is -0.00652.